The molecule has 15 heteroatoms. The molecular formula is C25H22F4N6O4S. The molecule has 1 fully saturated rings. The number of carbonyl (C=O) groups is 1. The summed E-state index contributed by atoms with van der Waals surface area (Å²) < 4.78 is 86.7. The number of nitriles is 1. The van der Waals surface area contributed by atoms with Gasteiger partial charge in [-0.3, -0.25) is 4.79 Å². The molecule has 40 heavy (non-hydrogen) atoms. The van der Waals surface area contributed by atoms with Crippen LogP contribution >= 0.6 is 0 Å². The Hall–Kier alpha value is -4.32. The summed E-state index contributed by atoms with van der Waals surface area (Å²) in [5.74, 6) is -3.86. The SMILES string of the molecule is COc1c(Oc2nnc(C(F)(F)F)c(C)c2C(=O)Nc2cccc(S(C)(=N)=O)c2)ncc(C2(C#N)CCC2)c1F. The highest BCUT2D eigenvalue weighted by Gasteiger charge is 2.43. The Bertz CT molecular complexity index is 1650. The van der Waals surface area contributed by atoms with Crippen LogP contribution in [-0.2, 0) is 21.3 Å². The van der Waals surface area contributed by atoms with E-state index < -0.39 is 67.4 Å². The van der Waals surface area contributed by atoms with Gasteiger partial charge < -0.3 is 14.8 Å². The number of alkyl halides is 3. The zero-order valence-electron chi connectivity index (χ0n) is 21.4. The van der Waals surface area contributed by atoms with Gasteiger partial charge in [-0.05, 0) is 49.9 Å². The number of pyridine rings is 1. The molecule has 1 aromatic carbocycles. The second-order valence-corrected chi connectivity index (χ2v) is 11.3. The van der Waals surface area contributed by atoms with Gasteiger partial charge in [0, 0.05) is 28.6 Å². The second-order valence-electron chi connectivity index (χ2n) is 9.15. The van der Waals surface area contributed by atoms with Gasteiger partial charge in [0.15, 0.2) is 11.5 Å². The predicted molar refractivity (Wildman–Crippen MR) is 133 cm³/mol. The van der Waals surface area contributed by atoms with Crippen LogP contribution in [-0.4, -0.2) is 38.7 Å². The van der Waals surface area contributed by atoms with Crippen LogP contribution in [0.25, 0.3) is 0 Å². The largest absolute Gasteiger partial charge is 0.489 e. The first-order valence-corrected chi connectivity index (χ1v) is 13.6. The van der Waals surface area contributed by atoms with E-state index in [0.717, 1.165) is 20.2 Å². The van der Waals surface area contributed by atoms with E-state index in [1.165, 1.54) is 30.5 Å². The maximum Gasteiger partial charge on any atom is 0.435 e. The van der Waals surface area contributed by atoms with E-state index in [0.29, 0.717) is 19.3 Å². The van der Waals surface area contributed by atoms with Crippen molar-refractivity contribution in [3.63, 3.8) is 0 Å². The molecule has 0 radical (unpaired) electrons. The van der Waals surface area contributed by atoms with E-state index >= 15 is 4.39 Å². The average molecular weight is 579 g/mol. The normalized spacial score (nSPS) is 15.8. The number of ether oxygens (including phenoxy) is 2. The number of methoxy groups -OCH3 is 1. The van der Waals surface area contributed by atoms with Crippen LogP contribution in [0, 0.1) is 28.9 Å². The number of anilines is 1. The summed E-state index contributed by atoms with van der Waals surface area (Å²) in [4.78, 5) is 17.4. The third-order valence-corrected chi connectivity index (χ3v) is 7.65. The lowest BCUT2D eigenvalue weighted by Gasteiger charge is -2.35. The number of hydrogen-bond donors (Lipinski definition) is 2. The molecule has 0 bridgehead atoms. The first-order valence-electron chi connectivity index (χ1n) is 11.6. The minimum atomic E-state index is -4.97. The summed E-state index contributed by atoms with van der Waals surface area (Å²) in [6.07, 6.45) is -1.19. The molecule has 0 aliphatic heterocycles. The number of rotatable bonds is 7. The molecule has 0 spiro atoms. The maximum atomic E-state index is 15.4. The Morgan fingerprint density at radius 3 is 2.50 bits per heavy atom. The number of carbonyl (C=O) groups excluding carboxylic acids is 1. The van der Waals surface area contributed by atoms with Gasteiger partial charge in [0.05, 0.1) is 28.3 Å². The van der Waals surface area contributed by atoms with Crippen molar-refractivity contribution in [3.05, 3.63) is 58.7 Å². The van der Waals surface area contributed by atoms with Crippen LogP contribution in [0.5, 0.6) is 17.5 Å². The summed E-state index contributed by atoms with van der Waals surface area (Å²) >= 11 is 0. The van der Waals surface area contributed by atoms with Crippen molar-refractivity contribution in [1.29, 1.82) is 10.0 Å². The van der Waals surface area contributed by atoms with Crippen molar-refractivity contribution >= 4 is 21.3 Å². The van der Waals surface area contributed by atoms with Gasteiger partial charge in [0.1, 0.15) is 5.56 Å². The highest BCUT2D eigenvalue weighted by Crippen LogP contribution is 2.47. The van der Waals surface area contributed by atoms with E-state index in [-0.39, 0.29) is 16.1 Å². The molecule has 1 aliphatic carbocycles. The van der Waals surface area contributed by atoms with Crippen molar-refractivity contribution in [2.24, 2.45) is 0 Å². The number of nitrogens with one attached hydrogen (secondary N) is 2. The standard InChI is InChI=1S/C25H22F4N6O4S/c1-13-17(21(36)33-14-6-4-7-15(10-14)40(3,31)37)22(35-34-20(13)25(27,28)29)39-23-19(38-2)18(26)16(11-32-23)24(12-30)8-5-9-24/h4,6-7,10-11,31H,5,8-9H2,1-3H3,(H,33,36). The van der Waals surface area contributed by atoms with Gasteiger partial charge in [0.25, 0.3) is 17.7 Å². The Labute approximate surface area is 226 Å². The molecule has 10 nitrogen and oxygen atoms in total. The highest BCUT2D eigenvalue weighted by atomic mass is 32.2. The smallest absolute Gasteiger partial charge is 0.435 e. The fourth-order valence-electron chi connectivity index (χ4n) is 4.22. The van der Waals surface area contributed by atoms with Crippen LogP contribution < -0.4 is 14.8 Å². The first-order chi connectivity index (χ1) is 18.7. The fraction of sp³-hybridized carbons (Fsp3) is 0.320. The van der Waals surface area contributed by atoms with Gasteiger partial charge in [-0.1, -0.05) is 6.07 Å². The molecule has 1 aliphatic rings. The van der Waals surface area contributed by atoms with Gasteiger partial charge in [-0.2, -0.15) is 18.4 Å². The highest BCUT2D eigenvalue weighted by molar-refractivity contribution is 7.91. The van der Waals surface area contributed by atoms with Crippen LogP contribution in [0.3, 0.4) is 0 Å². The van der Waals surface area contributed by atoms with Crippen molar-refractivity contribution < 1.29 is 36.0 Å². The lowest BCUT2D eigenvalue weighted by Crippen LogP contribution is -2.33. The molecule has 2 heterocycles. The minimum absolute atomic E-state index is 0.0140. The first kappa shape index (κ1) is 28.7. The Morgan fingerprint density at radius 1 is 1.25 bits per heavy atom. The fourth-order valence-corrected chi connectivity index (χ4v) is 4.91. The lowest BCUT2D eigenvalue weighted by molar-refractivity contribution is -0.142. The van der Waals surface area contributed by atoms with Gasteiger partial charge >= 0.3 is 6.18 Å². The van der Waals surface area contributed by atoms with Crippen LogP contribution in [0.4, 0.5) is 23.2 Å². The quantitative estimate of drug-likeness (QED) is 0.355. The summed E-state index contributed by atoms with van der Waals surface area (Å²) in [5, 5.41) is 18.6. The van der Waals surface area contributed by atoms with Crippen LogP contribution in [0.15, 0.2) is 35.4 Å². The molecule has 3 aromatic rings. The van der Waals surface area contributed by atoms with Crippen molar-refractivity contribution in [1.82, 2.24) is 15.2 Å². The Kier molecular flexibility index (Phi) is 7.41. The monoisotopic (exact) mass is 578 g/mol. The van der Waals surface area contributed by atoms with E-state index in [1.54, 1.807) is 0 Å². The molecule has 1 atom stereocenters. The number of benzene rings is 1. The van der Waals surface area contributed by atoms with Gasteiger partial charge in [-0.15, -0.1) is 10.2 Å². The molecule has 1 unspecified atom stereocenters. The zero-order valence-corrected chi connectivity index (χ0v) is 22.2. The number of nitrogens with zero attached hydrogens (tertiary/aromatic N) is 4. The zero-order chi connectivity index (χ0) is 29.5. The minimum Gasteiger partial charge on any atom is -0.489 e. The number of aromatic nitrogens is 3. The predicted octanol–water partition coefficient (Wildman–Crippen LogP) is 5.37. The van der Waals surface area contributed by atoms with E-state index in [2.05, 4.69) is 26.6 Å². The summed E-state index contributed by atoms with van der Waals surface area (Å²) in [7, 11) is -2.05. The average Bonchev–Trinajstić information content (AvgIpc) is 2.84. The van der Waals surface area contributed by atoms with Crippen LogP contribution in [0.2, 0.25) is 0 Å². The molecule has 2 N–H and O–H groups in total. The molecular weight excluding hydrogens is 556 g/mol. The molecule has 1 saturated carbocycles. The number of amides is 1. The topological polar surface area (TPSA) is 151 Å². The van der Waals surface area contributed by atoms with Crippen molar-refractivity contribution in [2.45, 2.75) is 42.7 Å². The Balaban J connectivity index is 1.79. The molecule has 1 amide bonds. The second kappa shape index (κ2) is 10.3. The van der Waals surface area contributed by atoms with Crippen molar-refractivity contribution in [2.75, 3.05) is 18.7 Å². The van der Waals surface area contributed by atoms with Gasteiger partial charge in [0.2, 0.25) is 5.75 Å². The number of halogens is 4. The van der Waals surface area contributed by atoms with Gasteiger partial charge in [-0.25, -0.2) is 18.4 Å². The van der Waals surface area contributed by atoms with Crippen LogP contribution in [0.1, 0.15) is 46.4 Å². The molecule has 4 rings (SSSR count). The third-order valence-electron chi connectivity index (χ3n) is 6.50. The summed E-state index contributed by atoms with van der Waals surface area (Å²) in [6, 6.07) is 7.53. The summed E-state index contributed by atoms with van der Waals surface area (Å²) in [5.41, 5.74) is -3.84. The third kappa shape index (κ3) is 5.26. The lowest BCUT2D eigenvalue weighted by atomic mass is 9.66. The Morgan fingerprint density at radius 2 is 1.95 bits per heavy atom. The molecule has 0 saturated heterocycles. The van der Waals surface area contributed by atoms with E-state index in [1.807, 2.05) is 0 Å². The maximum absolute atomic E-state index is 15.4. The number of hydrogen-bond acceptors (Lipinski definition) is 9. The molecule has 210 valence electrons. The van der Waals surface area contributed by atoms with Crippen molar-refractivity contribution in [3.8, 4) is 23.6 Å². The van der Waals surface area contributed by atoms with E-state index in [4.69, 9.17) is 14.3 Å². The summed E-state index contributed by atoms with van der Waals surface area (Å²) in [6.45, 7) is 0.986. The molecule has 2 aromatic heterocycles. The van der Waals surface area contributed by atoms with E-state index in [9.17, 15) is 27.4 Å².